The molecule has 0 saturated carbocycles. The van der Waals surface area contributed by atoms with Gasteiger partial charge in [-0.3, -0.25) is 13.9 Å². The number of rotatable bonds is 3. The highest BCUT2D eigenvalue weighted by Crippen LogP contribution is 2.29. The summed E-state index contributed by atoms with van der Waals surface area (Å²) in [7, 11) is 3.11. The Labute approximate surface area is 169 Å². The van der Waals surface area contributed by atoms with E-state index in [1.165, 1.54) is 23.4 Å². The Hall–Kier alpha value is -1.93. The van der Waals surface area contributed by atoms with Gasteiger partial charge in [0.05, 0.1) is 0 Å². The van der Waals surface area contributed by atoms with Crippen LogP contribution < -0.4 is 11.2 Å². The first-order chi connectivity index (χ1) is 12.6. The molecular weight excluding hydrogens is 428 g/mol. The van der Waals surface area contributed by atoms with E-state index >= 15 is 0 Å². The molecule has 0 saturated heterocycles. The number of thioether (sulfide) groups is 1. The first-order valence-corrected chi connectivity index (χ1v) is 10.2. The molecule has 0 radical (unpaired) electrons. The highest BCUT2D eigenvalue weighted by atomic mass is 79.9. The smallest absolute Gasteiger partial charge is 0.280 e. The average molecular weight is 449 g/mol. The Balaban J connectivity index is 2.22. The Morgan fingerprint density at radius 3 is 2.44 bits per heavy atom. The molecule has 8 heteroatoms. The number of halogens is 1. The summed E-state index contributed by atoms with van der Waals surface area (Å²) in [4.78, 5) is 34.4. The quantitative estimate of drug-likeness (QED) is 0.453. The summed E-state index contributed by atoms with van der Waals surface area (Å²) in [5.41, 5.74) is 0.412. The third kappa shape index (κ3) is 3.87. The monoisotopic (exact) mass is 448 g/mol. The molecule has 3 rings (SSSR count). The van der Waals surface area contributed by atoms with Crippen LogP contribution in [-0.2, 0) is 25.3 Å². The van der Waals surface area contributed by atoms with Crippen molar-refractivity contribution in [1.29, 1.82) is 0 Å². The molecule has 0 aliphatic heterocycles. The maximum atomic E-state index is 12.8. The number of aryl methyl sites for hydroxylation is 1. The largest absolute Gasteiger partial charge is 0.332 e. The van der Waals surface area contributed by atoms with E-state index in [2.05, 4.69) is 20.9 Å². The molecule has 27 heavy (non-hydrogen) atoms. The fourth-order valence-electron chi connectivity index (χ4n) is 2.65. The standard InChI is InChI=1S/C19H21BrN4O2S/c1-19(2,3)17-21-14-13(16(25)24(5)18(26)23(14)4)15(22-17)27-10-11-7-6-8-12(20)9-11/h6-9H,10H2,1-5H3. The highest BCUT2D eigenvalue weighted by Gasteiger charge is 2.23. The maximum absolute atomic E-state index is 12.8. The molecule has 0 atom stereocenters. The van der Waals surface area contributed by atoms with Crippen molar-refractivity contribution in [2.45, 2.75) is 37.0 Å². The minimum Gasteiger partial charge on any atom is -0.280 e. The van der Waals surface area contributed by atoms with Gasteiger partial charge in [-0.2, -0.15) is 0 Å². The molecule has 0 N–H and O–H groups in total. The van der Waals surface area contributed by atoms with Crippen LogP contribution in [0.4, 0.5) is 0 Å². The molecule has 142 valence electrons. The first-order valence-electron chi connectivity index (χ1n) is 8.45. The Bertz CT molecular complexity index is 1150. The lowest BCUT2D eigenvalue weighted by molar-refractivity contribution is 0.539. The van der Waals surface area contributed by atoms with Crippen molar-refractivity contribution in [3.8, 4) is 0 Å². The van der Waals surface area contributed by atoms with Crippen molar-refractivity contribution >= 4 is 38.7 Å². The van der Waals surface area contributed by atoms with E-state index in [0.717, 1.165) is 14.6 Å². The van der Waals surface area contributed by atoms with Crippen molar-refractivity contribution < 1.29 is 0 Å². The van der Waals surface area contributed by atoms with E-state index in [1.54, 1.807) is 7.05 Å². The van der Waals surface area contributed by atoms with Gasteiger partial charge in [0, 0.05) is 29.7 Å². The van der Waals surface area contributed by atoms with E-state index in [-0.39, 0.29) is 11.0 Å². The molecule has 3 aromatic rings. The Morgan fingerprint density at radius 1 is 1.11 bits per heavy atom. The van der Waals surface area contributed by atoms with Gasteiger partial charge in [-0.05, 0) is 17.7 Å². The molecule has 0 unspecified atom stereocenters. The number of aromatic nitrogens is 4. The molecule has 2 heterocycles. The first kappa shape index (κ1) is 19.8. The van der Waals surface area contributed by atoms with Crippen LogP contribution in [0.1, 0.15) is 32.2 Å². The highest BCUT2D eigenvalue weighted by molar-refractivity contribution is 9.10. The minimum absolute atomic E-state index is 0.309. The Morgan fingerprint density at radius 2 is 1.81 bits per heavy atom. The molecule has 0 aliphatic carbocycles. The van der Waals surface area contributed by atoms with E-state index in [9.17, 15) is 9.59 Å². The number of nitrogens with zero attached hydrogens (tertiary/aromatic N) is 4. The van der Waals surface area contributed by atoms with Gasteiger partial charge >= 0.3 is 5.69 Å². The molecule has 2 aromatic heterocycles. The fraction of sp³-hybridized carbons (Fsp3) is 0.368. The molecule has 1 aromatic carbocycles. The normalized spacial score (nSPS) is 11.9. The summed E-state index contributed by atoms with van der Waals surface area (Å²) in [6.07, 6.45) is 0. The van der Waals surface area contributed by atoms with Gasteiger partial charge in [0.25, 0.3) is 5.56 Å². The van der Waals surface area contributed by atoms with Gasteiger partial charge in [0.15, 0.2) is 5.65 Å². The fourth-order valence-corrected chi connectivity index (χ4v) is 4.05. The van der Waals surface area contributed by atoms with E-state index in [4.69, 9.17) is 4.98 Å². The van der Waals surface area contributed by atoms with Gasteiger partial charge < -0.3 is 0 Å². The van der Waals surface area contributed by atoms with Crippen LogP contribution >= 0.6 is 27.7 Å². The zero-order valence-corrected chi connectivity index (χ0v) is 18.3. The van der Waals surface area contributed by atoms with Crippen molar-refractivity contribution in [2.24, 2.45) is 14.1 Å². The third-order valence-electron chi connectivity index (χ3n) is 4.20. The van der Waals surface area contributed by atoms with E-state index in [0.29, 0.717) is 27.6 Å². The maximum Gasteiger partial charge on any atom is 0.332 e. The zero-order valence-electron chi connectivity index (χ0n) is 15.9. The van der Waals surface area contributed by atoms with Crippen molar-refractivity contribution in [3.05, 3.63) is 61.0 Å². The van der Waals surface area contributed by atoms with Gasteiger partial charge in [0.2, 0.25) is 0 Å². The second kappa shape index (κ2) is 7.24. The molecule has 0 bridgehead atoms. The molecule has 0 fully saturated rings. The van der Waals surface area contributed by atoms with Crippen LogP contribution in [-0.4, -0.2) is 19.1 Å². The van der Waals surface area contributed by atoms with Crippen molar-refractivity contribution in [3.63, 3.8) is 0 Å². The predicted octanol–water partition coefficient (Wildman–Crippen LogP) is 3.38. The van der Waals surface area contributed by atoms with Crippen molar-refractivity contribution in [2.75, 3.05) is 0 Å². The van der Waals surface area contributed by atoms with Gasteiger partial charge in [-0.1, -0.05) is 48.8 Å². The van der Waals surface area contributed by atoms with Crippen LogP contribution in [0.5, 0.6) is 0 Å². The van der Waals surface area contributed by atoms with E-state index in [1.807, 2.05) is 45.0 Å². The molecule has 0 amide bonds. The lowest BCUT2D eigenvalue weighted by atomic mass is 9.96. The van der Waals surface area contributed by atoms with Crippen LogP contribution in [0, 0.1) is 0 Å². The van der Waals surface area contributed by atoms with E-state index < -0.39 is 5.69 Å². The molecular formula is C19H21BrN4O2S. The number of hydrogen-bond acceptors (Lipinski definition) is 5. The van der Waals surface area contributed by atoms with Crippen molar-refractivity contribution in [1.82, 2.24) is 19.1 Å². The summed E-state index contributed by atoms with van der Waals surface area (Å²) in [6.45, 7) is 6.03. The summed E-state index contributed by atoms with van der Waals surface area (Å²) < 4.78 is 3.52. The lowest BCUT2D eigenvalue weighted by Gasteiger charge is -2.19. The third-order valence-corrected chi connectivity index (χ3v) is 5.74. The second-order valence-electron chi connectivity index (χ2n) is 7.43. The molecule has 0 spiro atoms. The molecule has 6 nitrogen and oxygen atoms in total. The van der Waals surface area contributed by atoms with Crippen LogP contribution in [0.15, 0.2) is 43.4 Å². The topological polar surface area (TPSA) is 69.8 Å². The Kier molecular flexibility index (Phi) is 5.31. The SMILES string of the molecule is Cn1c(=O)c2c(SCc3cccc(Br)c3)nc(C(C)(C)C)nc2n(C)c1=O. The van der Waals surface area contributed by atoms with Gasteiger partial charge in [0.1, 0.15) is 16.2 Å². The number of hydrogen-bond donors (Lipinski definition) is 0. The summed E-state index contributed by atoms with van der Waals surface area (Å²) >= 11 is 4.96. The number of fused-ring (bicyclic) bond motifs is 1. The number of benzene rings is 1. The van der Waals surface area contributed by atoms with Crippen LogP contribution in [0.2, 0.25) is 0 Å². The minimum atomic E-state index is -0.394. The summed E-state index contributed by atoms with van der Waals surface area (Å²) in [5, 5.41) is 0.980. The average Bonchev–Trinajstić information content (AvgIpc) is 2.61. The summed E-state index contributed by atoms with van der Waals surface area (Å²) in [6, 6.07) is 8.01. The zero-order chi connectivity index (χ0) is 19.9. The van der Waals surface area contributed by atoms with Gasteiger partial charge in [-0.15, -0.1) is 11.8 Å². The van der Waals surface area contributed by atoms with Crippen LogP contribution in [0.3, 0.4) is 0 Å². The van der Waals surface area contributed by atoms with Crippen LogP contribution in [0.25, 0.3) is 11.0 Å². The second-order valence-corrected chi connectivity index (χ2v) is 9.31. The summed E-state index contributed by atoms with van der Waals surface area (Å²) in [5.74, 6) is 1.26. The van der Waals surface area contributed by atoms with Gasteiger partial charge in [-0.25, -0.2) is 14.8 Å². The predicted molar refractivity (Wildman–Crippen MR) is 112 cm³/mol. The molecule has 0 aliphatic rings. The lowest BCUT2D eigenvalue weighted by Crippen LogP contribution is -2.38.